The van der Waals surface area contributed by atoms with Gasteiger partial charge in [-0.05, 0) is 82.1 Å². The Morgan fingerprint density at radius 2 is 1.76 bits per heavy atom. The number of hydrogen-bond acceptors (Lipinski definition) is 8. The van der Waals surface area contributed by atoms with Crippen molar-refractivity contribution in [1.29, 1.82) is 0 Å². The van der Waals surface area contributed by atoms with Crippen molar-refractivity contribution in [3.63, 3.8) is 0 Å². The molecular formula is C31H43FO9. The van der Waals surface area contributed by atoms with Crippen LogP contribution in [0.5, 0.6) is 5.75 Å². The summed E-state index contributed by atoms with van der Waals surface area (Å²) in [4.78, 5) is 23.9. The number of aliphatic carboxylic acids is 1. The van der Waals surface area contributed by atoms with Crippen LogP contribution in [0.3, 0.4) is 0 Å². The standard InChI is InChI=1S/C31H43FO9/c32-22-13-15-23(16-14-22)38-20-24(40-29-11-5-7-17-36-29)21-39-31-25(9-3-1-2-4-10-28(34)35)26(33)19-27(31)41-30-12-6-8-18-37-30/h1,3,13-16,24-25,27,29-31H,2,4-12,17-21H2,(H,34,35). The Bertz CT molecular complexity index is 957. The predicted molar refractivity (Wildman–Crippen MR) is 147 cm³/mol. The van der Waals surface area contributed by atoms with Gasteiger partial charge in [-0.25, -0.2) is 4.39 Å². The summed E-state index contributed by atoms with van der Waals surface area (Å²) in [5.74, 6) is -0.973. The lowest BCUT2D eigenvalue weighted by molar-refractivity contribution is -0.226. The van der Waals surface area contributed by atoms with Gasteiger partial charge in [0.2, 0.25) is 0 Å². The summed E-state index contributed by atoms with van der Waals surface area (Å²) in [5.41, 5.74) is 0. The van der Waals surface area contributed by atoms with Gasteiger partial charge in [-0.15, -0.1) is 0 Å². The number of ether oxygens (including phenoxy) is 6. The molecule has 1 aliphatic carbocycles. The monoisotopic (exact) mass is 578 g/mol. The number of allylic oxidation sites excluding steroid dienone is 2. The van der Waals surface area contributed by atoms with Crippen molar-refractivity contribution in [3.05, 3.63) is 42.2 Å². The van der Waals surface area contributed by atoms with Gasteiger partial charge in [-0.1, -0.05) is 12.2 Å². The molecule has 0 spiro atoms. The van der Waals surface area contributed by atoms with Crippen LogP contribution in [0.4, 0.5) is 4.39 Å². The Hall–Kier alpha value is -2.37. The highest BCUT2D eigenvalue weighted by Gasteiger charge is 2.45. The van der Waals surface area contributed by atoms with Crippen LogP contribution < -0.4 is 4.74 Å². The van der Waals surface area contributed by atoms with Crippen LogP contribution in [0.1, 0.15) is 70.6 Å². The van der Waals surface area contributed by atoms with Crippen LogP contribution in [0.2, 0.25) is 0 Å². The first kappa shape index (κ1) is 31.6. The van der Waals surface area contributed by atoms with E-state index in [1.807, 2.05) is 12.2 Å². The van der Waals surface area contributed by atoms with Crippen molar-refractivity contribution in [2.24, 2.45) is 5.92 Å². The number of rotatable bonds is 16. The van der Waals surface area contributed by atoms with Crippen molar-refractivity contribution in [1.82, 2.24) is 0 Å². The van der Waals surface area contributed by atoms with Gasteiger partial charge in [-0.2, -0.15) is 0 Å². The highest BCUT2D eigenvalue weighted by atomic mass is 19.1. The molecule has 6 unspecified atom stereocenters. The van der Waals surface area contributed by atoms with Crippen molar-refractivity contribution >= 4 is 11.8 Å². The third-order valence-electron chi connectivity index (χ3n) is 7.57. The molecule has 1 saturated carbocycles. The van der Waals surface area contributed by atoms with Crippen LogP contribution in [0.25, 0.3) is 0 Å². The summed E-state index contributed by atoms with van der Waals surface area (Å²) in [6.07, 6.45) is 9.27. The molecule has 9 nitrogen and oxygen atoms in total. The van der Waals surface area contributed by atoms with Crippen LogP contribution in [0, 0.1) is 11.7 Å². The minimum absolute atomic E-state index is 0.0710. The molecule has 0 radical (unpaired) electrons. The van der Waals surface area contributed by atoms with Crippen molar-refractivity contribution < 1.29 is 47.5 Å². The summed E-state index contributed by atoms with van der Waals surface area (Å²) >= 11 is 0. The number of carboxylic acids is 1. The van der Waals surface area contributed by atoms with Gasteiger partial charge in [0.15, 0.2) is 12.6 Å². The summed E-state index contributed by atoms with van der Waals surface area (Å²) in [6.45, 7) is 1.59. The maximum Gasteiger partial charge on any atom is 0.303 e. The molecular weight excluding hydrogens is 535 g/mol. The Morgan fingerprint density at radius 1 is 1.02 bits per heavy atom. The molecule has 3 aliphatic rings. The molecule has 2 aliphatic heterocycles. The first-order valence-electron chi connectivity index (χ1n) is 14.9. The largest absolute Gasteiger partial charge is 0.491 e. The van der Waals surface area contributed by atoms with Gasteiger partial charge >= 0.3 is 5.97 Å². The molecule has 0 aromatic heterocycles. The van der Waals surface area contributed by atoms with E-state index < -0.39 is 30.2 Å². The smallest absolute Gasteiger partial charge is 0.303 e. The van der Waals surface area contributed by atoms with Gasteiger partial charge in [0.25, 0.3) is 0 Å². The molecule has 0 bridgehead atoms. The summed E-state index contributed by atoms with van der Waals surface area (Å²) in [6, 6.07) is 5.80. The number of carbonyl (C=O) groups is 2. The average Bonchev–Trinajstić information content (AvgIpc) is 3.27. The number of carboxylic acid groups (broad SMARTS) is 1. The van der Waals surface area contributed by atoms with E-state index in [1.165, 1.54) is 12.1 Å². The number of halogens is 1. The van der Waals surface area contributed by atoms with Crippen LogP contribution in [0.15, 0.2) is 36.4 Å². The van der Waals surface area contributed by atoms with Gasteiger partial charge in [0.05, 0.1) is 24.7 Å². The van der Waals surface area contributed by atoms with Crippen molar-refractivity contribution in [3.8, 4) is 5.75 Å². The topological polar surface area (TPSA) is 110 Å². The minimum Gasteiger partial charge on any atom is -0.491 e. The fraction of sp³-hybridized carbons (Fsp3) is 0.677. The van der Waals surface area contributed by atoms with E-state index in [0.29, 0.717) is 38.2 Å². The highest BCUT2D eigenvalue weighted by Crippen LogP contribution is 2.33. The summed E-state index contributed by atoms with van der Waals surface area (Å²) < 4.78 is 49.7. The Morgan fingerprint density at radius 3 is 2.44 bits per heavy atom. The van der Waals surface area contributed by atoms with Crippen LogP contribution >= 0.6 is 0 Å². The van der Waals surface area contributed by atoms with E-state index in [9.17, 15) is 14.0 Å². The zero-order valence-corrected chi connectivity index (χ0v) is 23.6. The molecule has 3 fully saturated rings. The first-order chi connectivity index (χ1) is 20.0. The highest BCUT2D eigenvalue weighted by molar-refractivity contribution is 5.85. The maximum atomic E-state index is 13.3. The van der Waals surface area contributed by atoms with Crippen LogP contribution in [-0.2, 0) is 33.3 Å². The SMILES string of the molecule is O=C(O)CCCC=CCC1C(=O)CC(OC2CCCCO2)C1OCC(COc1ccc(F)cc1)OC1CCCCO1. The Labute approximate surface area is 241 Å². The molecule has 1 N–H and O–H groups in total. The quantitative estimate of drug-likeness (QED) is 0.209. The lowest BCUT2D eigenvalue weighted by atomic mass is 9.99. The molecule has 0 amide bonds. The molecule has 10 heteroatoms. The predicted octanol–water partition coefficient (Wildman–Crippen LogP) is 5.20. The third-order valence-corrected chi connectivity index (χ3v) is 7.57. The molecule has 6 atom stereocenters. The summed E-state index contributed by atoms with van der Waals surface area (Å²) in [5, 5.41) is 8.85. The molecule has 2 saturated heterocycles. The first-order valence-corrected chi connectivity index (χ1v) is 14.9. The molecule has 41 heavy (non-hydrogen) atoms. The van der Waals surface area contributed by atoms with Gasteiger partial charge in [-0.3, -0.25) is 9.59 Å². The lowest BCUT2D eigenvalue weighted by Gasteiger charge is -2.32. The van der Waals surface area contributed by atoms with Crippen molar-refractivity contribution in [2.45, 2.75) is 102 Å². The van der Waals surface area contributed by atoms with Gasteiger partial charge in [0.1, 0.15) is 30.1 Å². The second kappa shape index (κ2) is 16.9. The Kier molecular flexibility index (Phi) is 13.0. The Balaban J connectivity index is 1.40. The van der Waals surface area contributed by atoms with E-state index in [-0.39, 0.29) is 50.2 Å². The second-order valence-electron chi connectivity index (χ2n) is 10.9. The van der Waals surface area contributed by atoms with Crippen LogP contribution in [-0.4, -0.2) is 74.2 Å². The zero-order valence-electron chi connectivity index (χ0n) is 23.6. The molecule has 1 aromatic rings. The van der Waals surface area contributed by atoms with Crippen molar-refractivity contribution in [2.75, 3.05) is 26.4 Å². The fourth-order valence-corrected chi connectivity index (χ4v) is 5.37. The molecule has 228 valence electrons. The van der Waals surface area contributed by atoms with Gasteiger partial charge < -0.3 is 33.5 Å². The van der Waals surface area contributed by atoms with E-state index in [2.05, 4.69) is 0 Å². The second-order valence-corrected chi connectivity index (χ2v) is 10.9. The van der Waals surface area contributed by atoms with E-state index in [1.54, 1.807) is 12.1 Å². The normalized spacial score (nSPS) is 27.7. The van der Waals surface area contributed by atoms with E-state index in [4.69, 9.17) is 33.5 Å². The molecule has 2 heterocycles. The maximum absolute atomic E-state index is 13.3. The number of hydrogen-bond donors (Lipinski definition) is 1. The average molecular weight is 579 g/mol. The number of unbranched alkanes of at least 4 members (excludes halogenated alkanes) is 1. The number of benzene rings is 1. The summed E-state index contributed by atoms with van der Waals surface area (Å²) in [7, 11) is 0. The number of carbonyl (C=O) groups excluding carboxylic acids is 1. The number of ketones is 1. The molecule has 4 rings (SSSR count). The fourth-order valence-electron chi connectivity index (χ4n) is 5.37. The lowest BCUT2D eigenvalue weighted by Crippen LogP contribution is -2.40. The zero-order chi connectivity index (χ0) is 28.9. The van der Waals surface area contributed by atoms with Gasteiger partial charge in [0, 0.05) is 26.1 Å². The third kappa shape index (κ3) is 10.8. The molecule has 1 aromatic carbocycles. The van der Waals surface area contributed by atoms with E-state index in [0.717, 1.165) is 38.5 Å². The minimum atomic E-state index is -0.818. The van der Waals surface area contributed by atoms with E-state index >= 15 is 0 Å². The number of Topliss-reactive ketones (excluding diaryl/α,β-unsaturated/α-hetero) is 1.